The van der Waals surface area contributed by atoms with Crippen LogP contribution in [0.5, 0.6) is 0 Å². The van der Waals surface area contributed by atoms with Gasteiger partial charge < -0.3 is 14.8 Å². The van der Waals surface area contributed by atoms with E-state index in [1.54, 1.807) is 18.2 Å². The second-order valence-corrected chi connectivity index (χ2v) is 7.21. The minimum absolute atomic E-state index is 0.0684. The molecule has 1 N–H and O–H groups in total. The van der Waals surface area contributed by atoms with Crippen LogP contribution < -0.4 is 5.32 Å². The van der Waals surface area contributed by atoms with E-state index in [9.17, 15) is 9.59 Å². The van der Waals surface area contributed by atoms with Gasteiger partial charge in [-0.3, -0.25) is 4.79 Å². The molecule has 0 radical (unpaired) electrons. The Morgan fingerprint density at radius 2 is 2.04 bits per heavy atom. The van der Waals surface area contributed by atoms with Crippen molar-refractivity contribution in [3.8, 4) is 10.4 Å². The molecule has 0 saturated carbocycles. The number of benzene rings is 1. The zero-order chi connectivity index (χ0) is 17.6. The molecule has 0 unspecified atom stereocenters. The van der Waals surface area contributed by atoms with Crippen molar-refractivity contribution in [2.75, 3.05) is 19.8 Å². The lowest BCUT2D eigenvalue weighted by molar-refractivity contribution is -0.124. The summed E-state index contributed by atoms with van der Waals surface area (Å²) in [7, 11) is 0. The number of amides is 1. The van der Waals surface area contributed by atoms with Crippen molar-refractivity contribution < 1.29 is 19.1 Å². The Hall–Kier alpha value is -1.89. The van der Waals surface area contributed by atoms with Crippen LogP contribution in [0.2, 0.25) is 5.02 Å². The van der Waals surface area contributed by atoms with Crippen molar-refractivity contribution in [2.45, 2.75) is 18.9 Å². The molecule has 5 nitrogen and oxygen atoms in total. The number of carbonyl (C=O) groups excluding carboxylic acids is 2. The fourth-order valence-corrected chi connectivity index (χ4v) is 3.53. The van der Waals surface area contributed by atoms with E-state index in [1.807, 2.05) is 18.2 Å². The zero-order valence-electron chi connectivity index (χ0n) is 13.5. The molecule has 1 aromatic heterocycles. The van der Waals surface area contributed by atoms with Crippen molar-refractivity contribution in [3.63, 3.8) is 0 Å². The second-order valence-electron chi connectivity index (χ2n) is 5.69. The number of thiophene rings is 1. The molecule has 1 aliphatic rings. The Labute approximate surface area is 154 Å². The van der Waals surface area contributed by atoms with Gasteiger partial charge in [0, 0.05) is 23.1 Å². The summed E-state index contributed by atoms with van der Waals surface area (Å²) in [6.45, 7) is 0.902. The number of rotatable bonds is 6. The molecule has 3 rings (SSSR count). The largest absolute Gasteiger partial charge is 0.451 e. The summed E-state index contributed by atoms with van der Waals surface area (Å²) in [5, 5.41) is 3.38. The van der Waals surface area contributed by atoms with E-state index in [4.69, 9.17) is 21.1 Å². The van der Waals surface area contributed by atoms with Gasteiger partial charge in [0.15, 0.2) is 6.61 Å². The Morgan fingerprint density at radius 1 is 1.24 bits per heavy atom. The number of halogens is 1. The number of hydrogen-bond donors (Lipinski definition) is 1. The Balaban J connectivity index is 1.48. The van der Waals surface area contributed by atoms with Crippen LogP contribution in [0.1, 0.15) is 22.5 Å². The summed E-state index contributed by atoms with van der Waals surface area (Å²) in [4.78, 5) is 25.2. The third-order valence-corrected chi connectivity index (χ3v) is 5.19. The predicted octanol–water partition coefficient (Wildman–Crippen LogP) is 3.52. The van der Waals surface area contributed by atoms with Crippen LogP contribution in [-0.4, -0.2) is 37.7 Å². The van der Waals surface area contributed by atoms with Crippen LogP contribution in [0.3, 0.4) is 0 Å². The van der Waals surface area contributed by atoms with E-state index in [0.717, 1.165) is 29.9 Å². The highest BCUT2D eigenvalue weighted by Gasteiger charge is 2.17. The van der Waals surface area contributed by atoms with E-state index < -0.39 is 5.97 Å². The van der Waals surface area contributed by atoms with Crippen molar-refractivity contribution in [3.05, 3.63) is 46.3 Å². The first kappa shape index (κ1) is 17.9. The normalized spacial score (nSPS) is 16.6. The van der Waals surface area contributed by atoms with E-state index in [2.05, 4.69) is 5.32 Å². The topological polar surface area (TPSA) is 64.6 Å². The van der Waals surface area contributed by atoms with Gasteiger partial charge in [0.25, 0.3) is 5.91 Å². The number of esters is 1. The smallest absolute Gasteiger partial charge is 0.348 e. The summed E-state index contributed by atoms with van der Waals surface area (Å²) < 4.78 is 10.5. The predicted molar refractivity (Wildman–Crippen MR) is 97.0 cm³/mol. The maximum absolute atomic E-state index is 12.1. The fourth-order valence-electron chi connectivity index (χ4n) is 2.50. The molecule has 0 spiro atoms. The van der Waals surface area contributed by atoms with Crippen molar-refractivity contribution >= 4 is 34.8 Å². The van der Waals surface area contributed by atoms with Crippen molar-refractivity contribution in [1.82, 2.24) is 5.32 Å². The van der Waals surface area contributed by atoms with Gasteiger partial charge in [-0.2, -0.15) is 0 Å². The maximum Gasteiger partial charge on any atom is 0.348 e. The second kappa shape index (κ2) is 8.47. The van der Waals surface area contributed by atoms with Crippen LogP contribution in [-0.2, 0) is 14.3 Å². The summed E-state index contributed by atoms with van der Waals surface area (Å²) in [5.74, 6) is -0.823. The molecule has 1 amide bonds. The van der Waals surface area contributed by atoms with Gasteiger partial charge in [0.05, 0.1) is 6.10 Å². The summed E-state index contributed by atoms with van der Waals surface area (Å²) >= 11 is 7.19. The first-order chi connectivity index (χ1) is 12.1. The molecular formula is C18H18ClNO4S. The Kier molecular flexibility index (Phi) is 6.07. The summed E-state index contributed by atoms with van der Waals surface area (Å²) in [5.41, 5.74) is 0.975. The lowest BCUT2D eigenvalue weighted by Gasteiger charge is -2.10. The molecular weight excluding hydrogens is 362 g/mol. The molecule has 1 aromatic carbocycles. The highest BCUT2D eigenvalue weighted by molar-refractivity contribution is 7.17. The fraction of sp³-hybridized carbons (Fsp3) is 0.333. The lowest BCUT2D eigenvalue weighted by atomic mass is 10.2. The molecule has 1 atom stereocenters. The highest BCUT2D eigenvalue weighted by atomic mass is 35.5. The van der Waals surface area contributed by atoms with Crippen LogP contribution in [0.4, 0.5) is 0 Å². The minimum Gasteiger partial charge on any atom is -0.451 e. The third-order valence-electron chi connectivity index (χ3n) is 3.82. The zero-order valence-corrected chi connectivity index (χ0v) is 15.1. The molecule has 132 valence electrons. The first-order valence-electron chi connectivity index (χ1n) is 8.03. The van der Waals surface area contributed by atoms with Crippen molar-refractivity contribution in [2.24, 2.45) is 0 Å². The Morgan fingerprint density at radius 3 is 2.76 bits per heavy atom. The van der Waals surface area contributed by atoms with E-state index >= 15 is 0 Å². The number of ether oxygens (including phenoxy) is 2. The highest BCUT2D eigenvalue weighted by Crippen LogP contribution is 2.29. The monoisotopic (exact) mass is 379 g/mol. The van der Waals surface area contributed by atoms with E-state index in [1.165, 1.54) is 11.3 Å². The van der Waals surface area contributed by atoms with E-state index in [-0.39, 0.29) is 18.6 Å². The molecule has 1 aliphatic heterocycles. The minimum atomic E-state index is -0.502. The Bertz CT molecular complexity index is 738. The quantitative estimate of drug-likeness (QED) is 0.780. The third kappa shape index (κ3) is 5.04. The maximum atomic E-state index is 12.1. The van der Waals surface area contributed by atoms with Crippen LogP contribution in [0.25, 0.3) is 10.4 Å². The standard InChI is InChI=1S/C18H18ClNO4S/c19-13-5-3-12(4-6-13)15-7-8-16(25-15)18(22)24-11-17(21)20-10-14-2-1-9-23-14/h3-8,14H,1-2,9-11H2,(H,20,21)/t14-/m1/s1. The van der Waals surface area contributed by atoms with Gasteiger partial charge in [0.1, 0.15) is 4.88 Å². The van der Waals surface area contributed by atoms with Gasteiger partial charge in [0.2, 0.25) is 0 Å². The molecule has 0 aliphatic carbocycles. The number of carbonyl (C=O) groups is 2. The number of hydrogen-bond acceptors (Lipinski definition) is 5. The SMILES string of the molecule is O=C(COC(=O)c1ccc(-c2ccc(Cl)cc2)s1)NC[C@H]1CCCO1. The van der Waals surface area contributed by atoms with Gasteiger partial charge in [-0.05, 0) is 42.7 Å². The molecule has 2 aromatic rings. The average molecular weight is 380 g/mol. The molecule has 2 heterocycles. The first-order valence-corrected chi connectivity index (χ1v) is 9.22. The van der Waals surface area contributed by atoms with Crippen molar-refractivity contribution in [1.29, 1.82) is 0 Å². The van der Waals surface area contributed by atoms with Crippen LogP contribution in [0.15, 0.2) is 36.4 Å². The van der Waals surface area contributed by atoms with Crippen LogP contribution >= 0.6 is 22.9 Å². The van der Waals surface area contributed by atoms with E-state index in [0.29, 0.717) is 16.4 Å². The lowest BCUT2D eigenvalue weighted by Crippen LogP contribution is -2.34. The van der Waals surface area contributed by atoms with Gasteiger partial charge in [-0.15, -0.1) is 11.3 Å². The molecule has 0 bridgehead atoms. The van der Waals surface area contributed by atoms with Gasteiger partial charge >= 0.3 is 5.97 Å². The van der Waals surface area contributed by atoms with Gasteiger partial charge in [-0.1, -0.05) is 23.7 Å². The molecule has 1 fully saturated rings. The number of nitrogens with one attached hydrogen (secondary N) is 1. The molecule has 1 saturated heterocycles. The van der Waals surface area contributed by atoms with Crippen LogP contribution in [0, 0.1) is 0 Å². The van der Waals surface area contributed by atoms with Gasteiger partial charge in [-0.25, -0.2) is 4.79 Å². The summed E-state index contributed by atoms with van der Waals surface area (Å²) in [6, 6.07) is 10.9. The summed E-state index contributed by atoms with van der Waals surface area (Å²) in [6.07, 6.45) is 2.03. The molecule has 7 heteroatoms. The average Bonchev–Trinajstić information content (AvgIpc) is 3.30. The molecule has 25 heavy (non-hydrogen) atoms.